The van der Waals surface area contributed by atoms with E-state index >= 15 is 0 Å². The molecule has 1 rings (SSSR count). The smallest absolute Gasteiger partial charge is 0.352 e. The quantitative estimate of drug-likeness (QED) is 0.585. The fraction of sp³-hybridized carbons (Fsp3) is 0.200. The van der Waals surface area contributed by atoms with Crippen molar-refractivity contribution in [1.29, 1.82) is 0 Å². The van der Waals surface area contributed by atoms with Crippen molar-refractivity contribution in [2.24, 2.45) is 5.10 Å². The van der Waals surface area contributed by atoms with E-state index in [9.17, 15) is 4.79 Å². The largest absolute Gasteiger partial charge is 0.477 e. The van der Waals surface area contributed by atoms with Gasteiger partial charge in [0.05, 0.1) is 0 Å². The first-order chi connectivity index (χ1) is 4.30. The SMILES string of the molecule is Cl.O=C(O)C1=NNC=CC1. The predicted molar refractivity (Wildman–Crippen MR) is 39.2 cm³/mol. The van der Waals surface area contributed by atoms with Crippen LogP contribution in [0, 0.1) is 0 Å². The number of carbonyl (C=O) groups is 1. The summed E-state index contributed by atoms with van der Waals surface area (Å²) in [6, 6.07) is 0. The lowest BCUT2D eigenvalue weighted by atomic mass is 10.2. The molecule has 0 bridgehead atoms. The van der Waals surface area contributed by atoms with Gasteiger partial charge in [-0.2, -0.15) is 5.10 Å². The molecule has 1 heterocycles. The standard InChI is InChI=1S/C5H6N2O2.ClH/c8-5(9)4-2-1-3-6-7-4;/h1,3,6H,2H2,(H,8,9);1H. The number of allylic oxidation sites excluding steroid dienone is 1. The highest BCUT2D eigenvalue weighted by atomic mass is 35.5. The molecule has 10 heavy (non-hydrogen) atoms. The van der Waals surface area contributed by atoms with Crippen LogP contribution in [0.4, 0.5) is 0 Å². The van der Waals surface area contributed by atoms with E-state index in [0.29, 0.717) is 6.42 Å². The van der Waals surface area contributed by atoms with Gasteiger partial charge in [0.15, 0.2) is 0 Å². The fourth-order valence-electron chi connectivity index (χ4n) is 0.519. The van der Waals surface area contributed by atoms with Crippen LogP contribution in [0.25, 0.3) is 0 Å². The molecular weight excluding hydrogens is 156 g/mol. The maximum absolute atomic E-state index is 10.1. The highest BCUT2D eigenvalue weighted by Gasteiger charge is 2.07. The molecule has 0 unspecified atom stereocenters. The summed E-state index contributed by atoms with van der Waals surface area (Å²) in [5.74, 6) is -0.966. The average molecular weight is 163 g/mol. The zero-order valence-corrected chi connectivity index (χ0v) is 5.89. The molecule has 1 aliphatic rings. The summed E-state index contributed by atoms with van der Waals surface area (Å²) < 4.78 is 0. The third-order valence-corrected chi connectivity index (χ3v) is 0.950. The average Bonchev–Trinajstić information content (AvgIpc) is 1.90. The molecule has 0 aromatic rings. The number of rotatable bonds is 1. The maximum atomic E-state index is 10.1. The van der Waals surface area contributed by atoms with Gasteiger partial charge in [-0.15, -0.1) is 12.4 Å². The van der Waals surface area contributed by atoms with Gasteiger partial charge in [0, 0.05) is 12.6 Å². The van der Waals surface area contributed by atoms with Gasteiger partial charge in [-0.05, 0) is 0 Å². The number of hydrazone groups is 1. The molecule has 56 valence electrons. The fourth-order valence-corrected chi connectivity index (χ4v) is 0.519. The highest BCUT2D eigenvalue weighted by molar-refractivity contribution is 6.36. The summed E-state index contributed by atoms with van der Waals surface area (Å²) in [7, 11) is 0. The lowest BCUT2D eigenvalue weighted by Crippen LogP contribution is -2.18. The Morgan fingerprint density at radius 1 is 1.80 bits per heavy atom. The molecule has 0 fully saturated rings. The molecule has 0 aliphatic carbocycles. The van der Waals surface area contributed by atoms with E-state index in [1.54, 1.807) is 12.3 Å². The first-order valence-electron chi connectivity index (χ1n) is 2.51. The van der Waals surface area contributed by atoms with Crippen molar-refractivity contribution in [3.05, 3.63) is 12.3 Å². The van der Waals surface area contributed by atoms with Crippen LogP contribution >= 0.6 is 12.4 Å². The summed E-state index contributed by atoms with van der Waals surface area (Å²) in [6.45, 7) is 0. The molecular formula is C5H7ClN2O2. The Labute approximate surface area is 64.0 Å². The Morgan fingerprint density at radius 3 is 2.80 bits per heavy atom. The number of aliphatic carboxylic acids is 1. The Balaban J connectivity index is 0.000000810. The minimum atomic E-state index is -0.966. The second-order valence-electron chi connectivity index (χ2n) is 1.60. The summed E-state index contributed by atoms with van der Waals surface area (Å²) in [5.41, 5.74) is 2.59. The molecule has 0 saturated carbocycles. The molecule has 2 N–H and O–H groups in total. The summed E-state index contributed by atoms with van der Waals surface area (Å²) in [6.07, 6.45) is 3.71. The molecule has 0 atom stereocenters. The molecule has 1 aliphatic heterocycles. The number of nitrogens with one attached hydrogen (secondary N) is 1. The summed E-state index contributed by atoms with van der Waals surface area (Å²) >= 11 is 0. The van der Waals surface area contributed by atoms with Crippen LogP contribution < -0.4 is 5.43 Å². The van der Waals surface area contributed by atoms with E-state index in [2.05, 4.69) is 10.5 Å². The lowest BCUT2D eigenvalue weighted by Gasteiger charge is -2.01. The van der Waals surface area contributed by atoms with Gasteiger partial charge in [-0.25, -0.2) is 4.79 Å². The Morgan fingerprint density at radius 2 is 2.50 bits per heavy atom. The molecule has 0 spiro atoms. The van der Waals surface area contributed by atoms with E-state index in [-0.39, 0.29) is 18.1 Å². The van der Waals surface area contributed by atoms with Crippen molar-refractivity contribution in [2.75, 3.05) is 0 Å². The maximum Gasteiger partial charge on any atom is 0.352 e. The van der Waals surface area contributed by atoms with Crippen molar-refractivity contribution in [1.82, 2.24) is 5.43 Å². The van der Waals surface area contributed by atoms with E-state index in [1.165, 1.54) is 0 Å². The zero-order chi connectivity index (χ0) is 6.69. The molecule has 5 heteroatoms. The van der Waals surface area contributed by atoms with Crippen molar-refractivity contribution >= 4 is 24.1 Å². The van der Waals surface area contributed by atoms with E-state index in [4.69, 9.17) is 5.11 Å². The Bertz CT molecular complexity index is 188. The van der Waals surface area contributed by atoms with Gasteiger partial charge in [0.1, 0.15) is 5.71 Å². The molecule has 0 radical (unpaired) electrons. The molecule has 4 nitrogen and oxygen atoms in total. The topological polar surface area (TPSA) is 61.7 Å². The minimum absolute atomic E-state index is 0. The second kappa shape index (κ2) is 3.90. The predicted octanol–water partition coefficient (Wildman–Crippen LogP) is 0.356. The summed E-state index contributed by atoms with van der Waals surface area (Å²) in [4.78, 5) is 10.1. The molecule has 0 aromatic heterocycles. The van der Waals surface area contributed by atoms with E-state index in [1.807, 2.05) is 0 Å². The second-order valence-corrected chi connectivity index (χ2v) is 1.60. The van der Waals surface area contributed by atoms with Crippen LogP contribution in [0.5, 0.6) is 0 Å². The van der Waals surface area contributed by atoms with Gasteiger partial charge >= 0.3 is 5.97 Å². The van der Waals surface area contributed by atoms with E-state index in [0.717, 1.165) is 0 Å². The highest BCUT2D eigenvalue weighted by Crippen LogP contribution is 1.92. The Hall–Kier alpha value is -1.03. The number of hydrogen-bond acceptors (Lipinski definition) is 3. The van der Waals surface area contributed by atoms with Crippen molar-refractivity contribution in [2.45, 2.75) is 6.42 Å². The molecule has 0 saturated heterocycles. The third kappa shape index (κ3) is 2.06. The van der Waals surface area contributed by atoms with Crippen LogP contribution in [0.2, 0.25) is 0 Å². The number of nitrogens with zero attached hydrogens (tertiary/aromatic N) is 1. The Kier molecular flexibility index (Phi) is 3.49. The first kappa shape index (κ1) is 8.97. The van der Waals surface area contributed by atoms with Gasteiger partial charge < -0.3 is 5.11 Å². The normalized spacial score (nSPS) is 14.6. The van der Waals surface area contributed by atoms with Gasteiger partial charge in [-0.1, -0.05) is 6.08 Å². The number of carboxylic acid groups (broad SMARTS) is 1. The van der Waals surface area contributed by atoms with Crippen molar-refractivity contribution in [3.8, 4) is 0 Å². The number of carboxylic acids is 1. The minimum Gasteiger partial charge on any atom is -0.477 e. The van der Waals surface area contributed by atoms with Crippen LogP contribution in [-0.4, -0.2) is 16.8 Å². The molecule has 0 aromatic carbocycles. The van der Waals surface area contributed by atoms with E-state index < -0.39 is 5.97 Å². The van der Waals surface area contributed by atoms with Crippen molar-refractivity contribution in [3.63, 3.8) is 0 Å². The number of halogens is 1. The van der Waals surface area contributed by atoms with Crippen LogP contribution in [-0.2, 0) is 4.79 Å². The summed E-state index contributed by atoms with van der Waals surface area (Å²) in [5, 5.41) is 11.8. The monoisotopic (exact) mass is 162 g/mol. The first-order valence-corrected chi connectivity index (χ1v) is 2.51. The zero-order valence-electron chi connectivity index (χ0n) is 5.07. The van der Waals surface area contributed by atoms with Crippen LogP contribution in [0.3, 0.4) is 0 Å². The molecule has 0 amide bonds. The van der Waals surface area contributed by atoms with Gasteiger partial charge in [0.2, 0.25) is 0 Å². The number of hydrogen-bond donors (Lipinski definition) is 2. The van der Waals surface area contributed by atoms with Crippen LogP contribution in [0.1, 0.15) is 6.42 Å². The third-order valence-electron chi connectivity index (χ3n) is 0.950. The lowest BCUT2D eigenvalue weighted by molar-refractivity contribution is -0.129. The van der Waals surface area contributed by atoms with Crippen molar-refractivity contribution < 1.29 is 9.90 Å². The van der Waals surface area contributed by atoms with Crippen LogP contribution in [0.15, 0.2) is 17.4 Å². The van der Waals surface area contributed by atoms with Gasteiger partial charge in [0.25, 0.3) is 0 Å². The van der Waals surface area contributed by atoms with Gasteiger partial charge in [-0.3, -0.25) is 5.43 Å².